The molecule has 0 aromatic heterocycles. The van der Waals surface area contributed by atoms with Gasteiger partial charge in [0.15, 0.2) is 0 Å². The van der Waals surface area contributed by atoms with Crippen LogP contribution in [0.2, 0.25) is 0 Å². The zero-order chi connectivity index (χ0) is 15.4. The van der Waals surface area contributed by atoms with Gasteiger partial charge in [0, 0.05) is 5.69 Å². The number of aryl methyl sites for hydroxylation is 2. The molecule has 0 saturated heterocycles. The molecule has 21 heavy (non-hydrogen) atoms. The third-order valence-electron chi connectivity index (χ3n) is 3.41. The van der Waals surface area contributed by atoms with Crippen molar-refractivity contribution < 1.29 is 14.3 Å². The van der Waals surface area contributed by atoms with Gasteiger partial charge in [0.2, 0.25) is 0 Å². The average molecular weight is 287 g/mol. The van der Waals surface area contributed by atoms with Gasteiger partial charge in [0.1, 0.15) is 11.6 Å². The molecular formula is C17H18FNO2. The quantitative estimate of drug-likeness (QED) is 0.895. The Labute approximate surface area is 123 Å². The van der Waals surface area contributed by atoms with E-state index in [1.54, 1.807) is 12.1 Å². The SMILES string of the molecule is CCc1ccc(O)c(C(=O)Nc2ccc(F)cc2CC)c1. The number of carbonyl (C=O) groups excluding carboxylic acids is 1. The van der Waals surface area contributed by atoms with Crippen LogP contribution in [0.4, 0.5) is 10.1 Å². The summed E-state index contributed by atoms with van der Waals surface area (Å²) < 4.78 is 13.2. The van der Waals surface area contributed by atoms with Crippen LogP contribution >= 0.6 is 0 Å². The molecule has 0 fully saturated rings. The van der Waals surface area contributed by atoms with Crippen LogP contribution in [-0.2, 0) is 12.8 Å². The molecule has 110 valence electrons. The number of halogens is 1. The topological polar surface area (TPSA) is 49.3 Å². The molecule has 2 N–H and O–H groups in total. The Morgan fingerprint density at radius 3 is 2.57 bits per heavy atom. The van der Waals surface area contributed by atoms with Crippen molar-refractivity contribution in [1.82, 2.24) is 0 Å². The van der Waals surface area contributed by atoms with Gasteiger partial charge in [-0.1, -0.05) is 19.9 Å². The first-order valence-corrected chi connectivity index (χ1v) is 6.96. The largest absolute Gasteiger partial charge is 0.507 e. The van der Waals surface area contributed by atoms with Gasteiger partial charge in [-0.3, -0.25) is 4.79 Å². The van der Waals surface area contributed by atoms with Crippen molar-refractivity contribution >= 4 is 11.6 Å². The first-order chi connectivity index (χ1) is 10.0. The fourth-order valence-corrected chi connectivity index (χ4v) is 2.15. The van der Waals surface area contributed by atoms with Crippen molar-refractivity contribution in [2.24, 2.45) is 0 Å². The van der Waals surface area contributed by atoms with Crippen LogP contribution in [-0.4, -0.2) is 11.0 Å². The highest BCUT2D eigenvalue weighted by molar-refractivity contribution is 6.06. The van der Waals surface area contributed by atoms with Gasteiger partial charge in [0.25, 0.3) is 5.91 Å². The molecule has 0 spiro atoms. The fourth-order valence-electron chi connectivity index (χ4n) is 2.15. The Hall–Kier alpha value is -2.36. The van der Waals surface area contributed by atoms with E-state index in [4.69, 9.17) is 0 Å². The fraction of sp³-hybridized carbons (Fsp3) is 0.235. The first-order valence-electron chi connectivity index (χ1n) is 6.96. The number of rotatable bonds is 4. The number of phenols is 1. The van der Waals surface area contributed by atoms with Crippen LogP contribution in [0.1, 0.15) is 35.3 Å². The van der Waals surface area contributed by atoms with E-state index in [0.29, 0.717) is 12.1 Å². The summed E-state index contributed by atoms with van der Waals surface area (Å²) in [5.41, 5.74) is 2.47. The number of hydrogen-bond donors (Lipinski definition) is 2. The monoisotopic (exact) mass is 287 g/mol. The predicted molar refractivity (Wildman–Crippen MR) is 81.2 cm³/mol. The number of aromatic hydroxyl groups is 1. The summed E-state index contributed by atoms with van der Waals surface area (Å²) in [6, 6.07) is 9.20. The van der Waals surface area contributed by atoms with Gasteiger partial charge >= 0.3 is 0 Å². The van der Waals surface area contributed by atoms with Crippen LogP contribution in [0.25, 0.3) is 0 Å². The van der Waals surface area contributed by atoms with E-state index in [9.17, 15) is 14.3 Å². The van der Waals surface area contributed by atoms with E-state index >= 15 is 0 Å². The van der Waals surface area contributed by atoms with E-state index in [0.717, 1.165) is 17.5 Å². The van der Waals surface area contributed by atoms with Gasteiger partial charge in [-0.2, -0.15) is 0 Å². The summed E-state index contributed by atoms with van der Waals surface area (Å²) in [6.45, 7) is 3.86. The summed E-state index contributed by atoms with van der Waals surface area (Å²) in [7, 11) is 0. The van der Waals surface area contributed by atoms with Crippen LogP contribution in [0.3, 0.4) is 0 Å². The maximum atomic E-state index is 13.2. The minimum atomic E-state index is -0.399. The van der Waals surface area contributed by atoms with Crippen molar-refractivity contribution in [3.8, 4) is 5.75 Å². The highest BCUT2D eigenvalue weighted by atomic mass is 19.1. The van der Waals surface area contributed by atoms with E-state index in [-0.39, 0.29) is 17.1 Å². The van der Waals surface area contributed by atoms with E-state index in [1.165, 1.54) is 24.3 Å². The highest BCUT2D eigenvalue weighted by Gasteiger charge is 2.13. The molecule has 0 aliphatic rings. The second kappa shape index (κ2) is 6.39. The summed E-state index contributed by atoms with van der Waals surface area (Å²) in [4.78, 5) is 12.3. The van der Waals surface area contributed by atoms with E-state index in [1.807, 2.05) is 13.8 Å². The van der Waals surface area contributed by atoms with Gasteiger partial charge in [-0.15, -0.1) is 0 Å². The number of hydrogen-bond acceptors (Lipinski definition) is 2. The summed E-state index contributed by atoms with van der Waals surface area (Å²) in [5, 5.41) is 12.6. The lowest BCUT2D eigenvalue weighted by molar-refractivity contribution is 0.102. The molecule has 0 aliphatic carbocycles. The predicted octanol–water partition coefficient (Wildman–Crippen LogP) is 3.91. The minimum Gasteiger partial charge on any atom is -0.507 e. The van der Waals surface area contributed by atoms with Crippen LogP contribution < -0.4 is 5.32 Å². The van der Waals surface area contributed by atoms with Gasteiger partial charge in [-0.05, 0) is 54.3 Å². The Bertz CT molecular complexity index is 668. The number of anilines is 1. The molecule has 1 amide bonds. The van der Waals surface area contributed by atoms with Crippen molar-refractivity contribution in [1.29, 1.82) is 0 Å². The first kappa shape index (κ1) is 15.0. The molecule has 2 rings (SSSR count). The molecule has 0 radical (unpaired) electrons. The second-order valence-corrected chi connectivity index (χ2v) is 4.81. The number of nitrogens with one attached hydrogen (secondary N) is 1. The van der Waals surface area contributed by atoms with Crippen LogP contribution in [0, 0.1) is 5.82 Å². The summed E-state index contributed by atoms with van der Waals surface area (Å²) in [5.74, 6) is -0.797. The molecule has 2 aromatic carbocycles. The molecular weight excluding hydrogens is 269 g/mol. The normalized spacial score (nSPS) is 10.4. The Morgan fingerprint density at radius 1 is 1.14 bits per heavy atom. The molecule has 0 unspecified atom stereocenters. The maximum absolute atomic E-state index is 13.2. The van der Waals surface area contributed by atoms with Gasteiger partial charge in [0.05, 0.1) is 5.56 Å². The zero-order valence-electron chi connectivity index (χ0n) is 12.1. The van der Waals surface area contributed by atoms with Crippen molar-refractivity contribution in [3.05, 3.63) is 58.9 Å². The molecule has 0 aliphatic heterocycles. The Morgan fingerprint density at radius 2 is 1.90 bits per heavy atom. The van der Waals surface area contributed by atoms with Crippen molar-refractivity contribution in [2.75, 3.05) is 5.32 Å². The summed E-state index contributed by atoms with van der Waals surface area (Å²) >= 11 is 0. The minimum absolute atomic E-state index is 0.0649. The van der Waals surface area contributed by atoms with Gasteiger partial charge in [-0.25, -0.2) is 4.39 Å². The second-order valence-electron chi connectivity index (χ2n) is 4.81. The molecule has 0 heterocycles. The number of amides is 1. The van der Waals surface area contributed by atoms with E-state index in [2.05, 4.69) is 5.32 Å². The number of carbonyl (C=O) groups is 1. The lowest BCUT2D eigenvalue weighted by Gasteiger charge is -2.11. The number of benzene rings is 2. The highest BCUT2D eigenvalue weighted by Crippen LogP contribution is 2.23. The number of phenolic OH excluding ortho intramolecular Hbond substituents is 1. The zero-order valence-corrected chi connectivity index (χ0v) is 12.1. The average Bonchev–Trinajstić information content (AvgIpc) is 2.49. The van der Waals surface area contributed by atoms with Crippen molar-refractivity contribution in [2.45, 2.75) is 26.7 Å². The van der Waals surface area contributed by atoms with Crippen LogP contribution in [0.5, 0.6) is 5.75 Å². The van der Waals surface area contributed by atoms with Gasteiger partial charge < -0.3 is 10.4 Å². The Kier molecular flexibility index (Phi) is 4.58. The molecule has 0 saturated carbocycles. The molecule has 4 heteroatoms. The van der Waals surface area contributed by atoms with Crippen LogP contribution in [0.15, 0.2) is 36.4 Å². The lowest BCUT2D eigenvalue weighted by Crippen LogP contribution is -2.14. The molecule has 2 aromatic rings. The molecule has 0 atom stereocenters. The maximum Gasteiger partial charge on any atom is 0.259 e. The third kappa shape index (κ3) is 3.40. The molecule has 3 nitrogen and oxygen atoms in total. The van der Waals surface area contributed by atoms with E-state index < -0.39 is 5.91 Å². The third-order valence-corrected chi connectivity index (χ3v) is 3.41. The smallest absolute Gasteiger partial charge is 0.259 e. The Balaban J connectivity index is 2.30. The summed E-state index contributed by atoms with van der Waals surface area (Å²) in [6.07, 6.45) is 1.38. The molecule has 0 bridgehead atoms. The lowest BCUT2D eigenvalue weighted by atomic mass is 10.1. The van der Waals surface area contributed by atoms with Crippen molar-refractivity contribution in [3.63, 3.8) is 0 Å². The standard InChI is InChI=1S/C17H18FNO2/c1-3-11-5-8-16(20)14(9-11)17(21)19-15-7-6-13(18)10-12(15)4-2/h5-10,20H,3-4H2,1-2H3,(H,19,21).